The maximum atomic E-state index is 14.6. The topological polar surface area (TPSA) is 131 Å². The third kappa shape index (κ3) is 8.34. The van der Waals surface area contributed by atoms with Gasteiger partial charge in [0.15, 0.2) is 5.69 Å². The molecule has 1 aromatic heterocycles. The zero-order chi connectivity index (χ0) is 41.1. The number of rotatable bonds is 12. The van der Waals surface area contributed by atoms with Crippen molar-refractivity contribution >= 4 is 55.8 Å². The molecule has 11 nitrogen and oxygen atoms in total. The van der Waals surface area contributed by atoms with E-state index in [-0.39, 0.29) is 38.5 Å². The number of sulfonamides is 1. The summed E-state index contributed by atoms with van der Waals surface area (Å²) in [6.45, 7) is 8.73. The van der Waals surface area contributed by atoms with Gasteiger partial charge in [-0.3, -0.25) is 14.4 Å². The van der Waals surface area contributed by atoms with Gasteiger partial charge in [0.25, 0.3) is 27.7 Å². The minimum atomic E-state index is -4.29. The van der Waals surface area contributed by atoms with Gasteiger partial charge in [0, 0.05) is 37.0 Å². The van der Waals surface area contributed by atoms with E-state index in [1.165, 1.54) is 35.0 Å². The Morgan fingerprint density at radius 3 is 2.40 bits per heavy atom. The minimum Gasteiger partial charge on any atom is -0.491 e. The van der Waals surface area contributed by atoms with Gasteiger partial charge in [-0.15, -0.1) is 0 Å². The molecule has 1 aliphatic heterocycles. The van der Waals surface area contributed by atoms with Crippen molar-refractivity contribution in [3.8, 4) is 11.4 Å². The molecule has 0 aliphatic carbocycles. The number of carbonyl (C=O) groups is 3. The summed E-state index contributed by atoms with van der Waals surface area (Å²) in [6, 6.07) is 31.4. The monoisotopic (exact) mass is 817 g/mol. The molecule has 0 bridgehead atoms. The Labute approximate surface area is 343 Å². The molecule has 0 saturated heterocycles. The number of aromatic nitrogens is 2. The highest BCUT2D eigenvalue weighted by molar-refractivity contribution is 7.90. The van der Waals surface area contributed by atoms with Crippen molar-refractivity contribution in [2.24, 2.45) is 0 Å². The average Bonchev–Trinajstić information content (AvgIpc) is 3.52. The standard InChI is InChI=1S/C45H44ClN5O6S/c1-5-6-23-50(36-16-11-17-37(27-36)57-29(2)3)45(54)42-41(46)30(4)51(47-42)40-21-19-34(26-39(40)44(53)49-24-22-32-13-8-10-15-35(32)28-49)43(52)48-58(55,56)38-20-18-31-12-7-9-14-33(31)25-38/h7-21,25-27,29H,5-6,22-24,28H2,1-4H3,(H,48,52). The fourth-order valence-corrected chi connectivity index (χ4v) is 8.30. The fourth-order valence-electron chi connectivity index (χ4n) is 7.09. The number of nitrogens with one attached hydrogen (secondary N) is 1. The highest BCUT2D eigenvalue weighted by atomic mass is 35.5. The SMILES string of the molecule is CCCCN(C(=O)c1nn(-c2ccc(C(=O)NS(=O)(=O)c3ccc4ccccc4c3)cc2C(=O)N2CCc3ccccc3C2)c(C)c1Cl)c1cccc(OC(C)C)c1. The number of hydrogen-bond donors (Lipinski definition) is 1. The molecule has 58 heavy (non-hydrogen) atoms. The predicted octanol–water partition coefficient (Wildman–Crippen LogP) is 8.54. The molecule has 5 aromatic carbocycles. The Morgan fingerprint density at radius 2 is 1.64 bits per heavy atom. The number of ether oxygens (including phenoxy) is 1. The maximum Gasteiger partial charge on any atom is 0.280 e. The zero-order valence-corrected chi connectivity index (χ0v) is 34.3. The summed E-state index contributed by atoms with van der Waals surface area (Å²) >= 11 is 6.93. The molecule has 0 atom stereocenters. The summed E-state index contributed by atoms with van der Waals surface area (Å²) in [7, 11) is -4.29. The summed E-state index contributed by atoms with van der Waals surface area (Å²) in [5.74, 6) is -1.13. The Bertz CT molecular complexity index is 2660. The van der Waals surface area contributed by atoms with Crippen LogP contribution in [0.25, 0.3) is 16.5 Å². The van der Waals surface area contributed by atoms with Gasteiger partial charge in [-0.2, -0.15) is 5.10 Å². The molecule has 0 radical (unpaired) electrons. The van der Waals surface area contributed by atoms with Crippen LogP contribution in [0.15, 0.2) is 114 Å². The highest BCUT2D eigenvalue weighted by Crippen LogP contribution is 2.31. The van der Waals surface area contributed by atoms with Crippen molar-refractivity contribution < 1.29 is 27.5 Å². The van der Waals surface area contributed by atoms with Crippen LogP contribution in [0.3, 0.4) is 0 Å². The van der Waals surface area contributed by atoms with Crippen LogP contribution in [-0.2, 0) is 23.0 Å². The number of benzene rings is 5. The number of hydrogen-bond acceptors (Lipinski definition) is 7. The number of anilines is 1. The maximum absolute atomic E-state index is 14.6. The molecule has 1 aliphatic rings. The predicted molar refractivity (Wildman–Crippen MR) is 226 cm³/mol. The Kier molecular flexibility index (Phi) is 11.7. The Hall–Kier alpha value is -5.98. The third-order valence-corrected chi connectivity index (χ3v) is 11.9. The van der Waals surface area contributed by atoms with Gasteiger partial charge in [-0.1, -0.05) is 85.6 Å². The summed E-state index contributed by atoms with van der Waals surface area (Å²) in [5.41, 5.74) is 3.43. The zero-order valence-electron chi connectivity index (χ0n) is 32.7. The van der Waals surface area contributed by atoms with Crippen molar-refractivity contribution in [2.45, 2.75) is 64.5 Å². The quantitative estimate of drug-likeness (QED) is 0.131. The molecule has 2 heterocycles. The summed E-state index contributed by atoms with van der Waals surface area (Å²) in [6.07, 6.45) is 2.12. The van der Waals surface area contributed by atoms with Gasteiger partial charge in [0.05, 0.1) is 33.0 Å². The second-order valence-corrected chi connectivity index (χ2v) is 16.6. The molecular formula is C45H44ClN5O6S. The van der Waals surface area contributed by atoms with Crippen molar-refractivity contribution in [3.05, 3.63) is 148 Å². The minimum absolute atomic E-state index is 0.0148. The number of halogens is 1. The van der Waals surface area contributed by atoms with Gasteiger partial charge >= 0.3 is 0 Å². The highest BCUT2D eigenvalue weighted by Gasteiger charge is 2.30. The number of unbranched alkanes of at least 4 members (excludes halogenated alkanes) is 1. The van der Waals surface area contributed by atoms with E-state index in [2.05, 4.69) is 4.72 Å². The smallest absolute Gasteiger partial charge is 0.280 e. The van der Waals surface area contributed by atoms with Crippen LogP contribution in [0.2, 0.25) is 5.02 Å². The van der Waals surface area contributed by atoms with Gasteiger partial charge in [0.2, 0.25) is 0 Å². The lowest BCUT2D eigenvalue weighted by atomic mass is 9.98. The van der Waals surface area contributed by atoms with E-state index in [0.717, 1.165) is 29.4 Å². The Balaban J connectivity index is 1.27. The molecule has 0 fully saturated rings. The summed E-state index contributed by atoms with van der Waals surface area (Å²) in [5, 5.41) is 6.38. The van der Waals surface area contributed by atoms with Crippen molar-refractivity contribution in [1.29, 1.82) is 0 Å². The van der Waals surface area contributed by atoms with E-state index < -0.39 is 27.7 Å². The third-order valence-electron chi connectivity index (χ3n) is 10.1. The first kappa shape index (κ1) is 40.2. The van der Waals surface area contributed by atoms with Crippen LogP contribution in [-0.4, -0.2) is 60.0 Å². The van der Waals surface area contributed by atoms with Crippen LogP contribution in [0, 0.1) is 6.92 Å². The summed E-state index contributed by atoms with van der Waals surface area (Å²) < 4.78 is 36.5. The summed E-state index contributed by atoms with van der Waals surface area (Å²) in [4.78, 5) is 45.9. The van der Waals surface area contributed by atoms with Crippen LogP contribution in [0.5, 0.6) is 5.75 Å². The molecule has 1 N–H and O–H groups in total. The first-order valence-corrected chi connectivity index (χ1v) is 21.1. The first-order valence-electron chi connectivity index (χ1n) is 19.2. The molecule has 0 saturated carbocycles. The molecule has 298 valence electrons. The molecule has 6 aromatic rings. The number of nitrogens with zero attached hydrogens (tertiary/aromatic N) is 4. The first-order chi connectivity index (χ1) is 27.8. The molecule has 3 amide bonds. The molecule has 0 spiro atoms. The largest absolute Gasteiger partial charge is 0.491 e. The lowest BCUT2D eigenvalue weighted by Gasteiger charge is -2.29. The van der Waals surface area contributed by atoms with Crippen molar-refractivity contribution in [2.75, 3.05) is 18.0 Å². The lowest BCUT2D eigenvalue weighted by molar-refractivity contribution is 0.0734. The van der Waals surface area contributed by atoms with Crippen molar-refractivity contribution in [3.63, 3.8) is 0 Å². The average molecular weight is 818 g/mol. The second kappa shape index (κ2) is 16.9. The van der Waals surface area contributed by atoms with Gasteiger partial charge < -0.3 is 14.5 Å². The van der Waals surface area contributed by atoms with Gasteiger partial charge in [-0.25, -0.2) is 17.8 Å². The van der Waals surface area contributed by atoms with Crippen LogP contribution in [0.1, 0.15) is 81.6 Å². The van der Waals surface area contributed by atoms with E-state index >= 15 is 0 Å². The normalized spacial score (nSPS) is 12.7. The number of carbonyl (C=O) groups excluding carboxylic acids is 3. The van der Waals surface area contributed by atoms with Crippen LogP contribution >= 0.6 is 11.6 Å². The number of fused-ring (bicyclic) bond motifs is 2. The molecular weight excluding hydrogens is 774 g/mol. The van der Waals surface area contributed by atoms with Crippen LogP contribution < -0.4 is 14.4 Å². The van der Waals surface area contributed by atoms with E-state index in [9.17, 15) is 22.8 Å². The number of amides is 3. The second-order valence-electron chi connectivity index (χ2n) is 14.6. The van der Waals surface area contributed by atoms with Gasteiger partial charge in [-0.05, 0) is 98.0 Å². The van der Waals surface area contributed by atoms with Crippen molar-refractivity contribution in [1.82, 2.24) is 19.4 Å². The van der Waals surface area contributed by atoms with Crippen LogP contribution in [0.4, 0.5) is 5.69 Å². The molecule has 13 heteroatoms. The van der Waals surface area contributed by atoms with Gasteiger partial charge in [0.1, 0.15) is 5.75 Å². The lowest BCUT2D eigenvalue weighted by Crippen LogP contribution is -2.37. The van der Waals surface area contributed by atoms with E-state index in [1.807, 2.05) is 81.4 Å². The fraction of sp³-hybridized carbons (Fsp3) is 0.244. The molecule has 0 unspecified atom stereocenters. The van der Waals surface area contributed by atoms with E-state index in [0.29, 0.717) is 48.6 Å². The van der Waals surface area contributed by atoms with E-state index in [4.69, 9.17) is 21.4 Å². The Morgan fingerprint density at radius 1 is 0.897 bits per heavy atom. The van der Waals surface area contributed by atoms with E-state index in [1.54, 1.807) is 34.9 Å². The molecule has 7 rings (SSSR count).